The summed E-state index contributed by atoms with van der Waals surface area (Å²) in [6, 6.07) is 7.47. The standard InChI is InChI=1S/C14H16N4O2/c15-8-7-9-1-3-10(4-2-9)12(19)16-14-18-17-13(20-14)11-5-6-11/h1-4,11H,5-8,15H2,(H,16,18,19). The Bertz CT molecular complexity index is 602. The number of nitrogens with two attached hydrogens (primary N) is 1. The van der Waals surface area contributed by atoms with Gasteiger partial charge in [0, 0.05) is 11.5 Å². The minimum atomic E-state index is -0.254. The first-order valence-electron chi connectivity index (χ1n) is 6.70. The van der Waals surface area contributed by atoms with E-state index >= 15 is 0 Å². The molecule has 0 atom stereocenters. The molecule has 1 fully saturated rings. The van der Waals surface area contributed by atoms with Crippen LogP contribution in [0.25, 0.3) is 0 Å². The van der Waals surface area contributed by atoms with Gasteiger partial charge in [0.15, 0.2) is 0 Å². The summed E-state index contributed by atoms with van der Waals surface area (Å²) in [6.45, 7) is 0.595. The van der Waals surface area contributed by atoms with Gasteiger partial charge < -0.3 is 10.2 Å². The number of nitrogens with one attached hydrogen (secondary N) is 1. The molecule has 1 aliphatic carbocycles. The molecule has 3 N–H and O–H groups in total. The number of carbonyl (C=O) groups excluding carboxylic acids is 1. The monoisotopic (exact) mass is 272 g/mol. The zero-order valence-corrected chi connectivity index (χ0v) is 11.0. The third-order valence-electron chi connectivity index (χ3n) is 3.24. The van der Waals surface area contributed by atoms with E-state index in [1.165, 1.54) is 0 Å². The molecule has 0 spiro atoms. The third kappa shape index (κ3) is 2.85. The van der Waals surface area contributed by atoms with E-state index < -0.39 is 0 Å². The van der Waals surface area contributed by atoms with Crippen LogP contribution in [0.1, 0.15) is 40.6 Å². The number of rotatable bonds is 5. The highest BCUT2D eigenvalue weighted by atomic mass is 16.4. The first-order valence-corrected chi connectivity index (χ1v) is 6.70. The lowest BCUT2D eigenvalue weighted by molar-refractivity contribution is 0.102. The van der Waals surface area contributed by atoms with Crippen molar-refractivity contribution in [1.82, 2.24) is 10.2 Å². The van der Waals surface area contributed by atoms with E-state index in [2.05, 4.69) is 15.5 Å². The molecule has 1 aliphatic rings. The van der Waals surface area contributed by atoms with E-state index in [1.807, 2.05) is 12.1 Å². The average molecular weight is 272 g/mol. The molecule has 1 saturated carbocycles. The fourth-order valence-corrected chi connectivity index (χ4v) is 1.94. The maximum absolute atomic E-state index is 12.0. The highest BCUT2D eigenvalue weighted by Crippen LogP contribution is 2.39. The van der Waals surface area contributed by atoms with Gasteiger partial charge in [0.25, 0.3) is 5.91 Å². The fourth-order valence-electron chi connectivity index (χ4n) is 1.94. The first-order chi connectivity index (χ1) is 9.76. The number of carbonyl (C=O) groups is 1. The third-order valence-corrected chi connectivity index (χ3v) is 3.24. The number of amides is 1. The van der Waals surface area contributed by atoms with Crippen molar-refractivity contribution in [3.63, 3.8) is 0 Å². The van der Waals surface area contributed by atoms with Gasteiger partial charge in [0.2, 0.25) is 5.89 Å². The maximum atomic E-state index is 12.0. The quantitative estimate of drug-likeness (QED) is 0.864. The average Bonchev–Trinajstić information content (AvgIpc) is 3.21. The van der Waals surface area contributed by atoms with Crippen molar-refractivity contribution in [1.29, 1.82) is 0 Å². The summed E-state index contributed by atoms with van der Waals surface area (Å²) in [4.78, 5) is 12.0. The van der Waals surface area contributed by atoms with Crippen molar-refractivity contribution in [3.8, 4) is 0 Å². The van der Waals surface area contributed by atoms with Crippen LogP contribution in [0.15, 0.2) is 28.7 Å². The summed E-state index contributed by atoms with van der Waals surface area (Å²) >= 11 is 0. The van der Waals surface area contributed by atoms with Crippen molar-refractivity contribution >= 4 is 11.9 Å². The number of hydrogen-bond donors (Lipinski definition) is 2. The Morgan fingerprint density at radius 3 is 2.70 bits per heavy atom. The van der Waals surface area contributed by atoms with Crippen molar-refractivity contribution in [3.05, 3.63) is 41.3 Å². The second-order valence-electron chi connectivity index (χ2n) is 4.91. The van der Waals surface area contributed by atoms with Gasteiger partial charge in [0.05, 0.1) is 0 Å². The molecule has 0 bridgehead atoms. The summed E-state index contributed by atoms with van der Waals surface area (Å²) < 4.78 is 5.39. The van der Waals surface area contributed by atoms with Crippen molar-refractivity contribution in [2.75, 3.05) is 11.9 Å². The van der Waals surface area contributed by atoms with Gasteiger partial charge in [0.1, 0.15) is 0 Å². The lowest BCUT2D eigenvalue weighted by atomic mass is 10.1. The Labute approximate surface area is 116 Å². The zero-order valence-electron chi connectivity index (χ0n) is 11.0. The second kappa shape index (κ2) is 5.42. The Hall–Kier alpha value is -2.21. The molecule has 0 unspecified atom stereocenters. The van der Waals surface area contributed by atoms with Crippen LogP contribution in [-0.4, -0.2) is 22.6 Å². The highest BCUT2D eigenvalue weighted by Gasteiger charge is 2.29. The van der Waals surface area contributed by atoms with E-state index in [-0.39, 0.29) is 11.9 Å². The topological polar surface area (TPSA) is 94.0 Å². The van der Waals surface area contributed by atoms with Crippen LogP contribution in [0.5, 0.6) is 0 Å². The molecule has 3 rings (SSSR count). The molecule has 0 aliphatic heterocycles. The van der Waals surface area contributed by atoms with E-state index in [9.17, 15) is 4.79 Å². The summed E-state index contributed by atoms with van der Waals surface area (Å²) in [7, 11) is 0. The van der Waals surface area contributed by atoms with Gasteiger partial charge in [-0.1, -0.05) is 17.2 Å². The van der Waals surface area contributed by atoms with Crippen LogP contribution in [0.4, 0.5) is 6.01 Å². The van der Waals surface area contributed by atoms with Gasteiger partial charge in [-0.3, -0.25) is 10.1 Å². The Morgan fingerprint density at radius 1 is 1.30 bits per heavy atom. The molecular formula is C14H16N4O2. The van der Waals surface area contributed by atoms with E-state index in [4.69, 9.17) is 10.2 Å². The molecule has 1 heterocycles. The maximum Gasteiger partial charge on any atom is 0.322 e. The van der Waals surface area contributed by atoms with Crippen molar-refractivity contribution in [2.24, 2.45) is 5.73 Å². The Balaban J connectivity index is 1.65. The summed E-state index contributed by atoms with van der Waals surface area (Å²) in [5, 5.41) is 10.4. The van der Waals surface area contributed by atoms with Crippen molar-refractivity contribution in [2.45, 2.75) is 25.2 Å². The van der Waals surface area contributed by atoms with Gasteiger partial charge in [-0.25, -0.2) is 0 Å². The zero-order chi connectivity index (χ0) is 13.9. The molecular weight excluding hydrogens is 256 g/mol. The number of aromatic nitrogens is 2. The van der Waals surface area contributed by atoms with Crippen LogP contribution < -0.4 is 11.1 Å². The number of anilines is 1. The van der Waals surface area contributed by atoms with E-state index in [0.717, 1.165) is 24.8 Å². The summed E-state index contributed by atoms with van der Waals surface area (Å²) in [5.74, 6) is 0.734. The van der Waals surface area contributed by atoms with Gasteiger partial charge in [-0.2, -0.15) is 0 Å². The second-order valence-corrected chi connectivity index (χ2v) is 4.91. The minimum absolute atomic E-state index is 0.155. The number of benzene rings is 1. The SMILES string of the molecule is NCCc1ccc(C(=O)Nc2nnc(C3CC3)o2)cc1. The predicted molar refractivity (Wildman–Crippen MR) is 73.4 cm³/mol. The first kappa shape index (κ1) is 12.8. The summed E-state index contributed by atoms with van der Waals surface area (Å²) in [6.07, 6.45) is 2.96. The smallest absolute Gasteiger partial charge is 0.322 e. The molecule has 6 heteroatoms. The minimum Gasteiger partial charge on any atom is -0.408 e. The van der Waals surface area contributed by atoms with Crippen LogP contribution in [0.2, 0.25) is 0 Å². The lowest BCUT2D eigenvalue weighted by Crippen LogP contribution is -2.12. The largest absolute Gasteiger partial charge is 0.408 e. The van der Waals surface area contributed by atoms with Crippen LogP contribution in [0.3, 0.4) is 0 Å². The normalized spacial score (nSPS) is 14.2. The fraction of sp³-hybridized carbons (Fsp3) is 0.357. The molecule has 20 heavy (non-hydrogen) atoms. The highest BCUT2D eigenvalue weighted by molar-refractivity contribution is 6.03. The molecule has 2 aromatic rings. The molecule has 104 valence electrons. The van der Waals surface area contributed by atoms with Gasteiger partial charge in [-0.05, 0) is 43.5 Å². The van der Waals surface area contributed by atoms with Gasteiger partial charge in [-0.15, -0.1) is 5.10 Å². The lowest BCUT2D eigenvalue weighted by Gasteiger charge is -2.02. The molecule has 1 aromatic carbocycles. The summed E-state index contributed by atoms with van der Waals surface area (Å²) in [5.41, 5.74) is 7.15. The molecule has 1 amide bonds. The van der Waals surface area contributed by atoms with E-state index in [0.29, 0.717) is 23.9 Å². The number of hydrogen-bond acceptors (Lipinski definition) is 5. The van der Waals surface area contributed by atoms with Crippen molar-refractivity contribution < 1.29 is 9.21 Å². The molecule has 0 saturated heterocycles. The molecule has 0 radical (unpaired) electrons. The Morgan fingerprint density at radius 2 is 2.05 bits per heavy atom. The number of nitrogens with zero attached hydrogens (tertiary/aromatic N) is 2. The van der Waals surface area contributed by atoms with Crippen LogP contribution >= 0.6 is 0 Å². The van der Waals surface area contributed by atoms with Crippen LogP contribution in [0, 0.1) is 0 Å². The van der Waals surface area contributed by atoms with Crippen LogP contribution in [-0.2, 0) is 6.42 Å². The van der Waals surface area contributed by atoms with Gasteiger partial charge >= 0.3 is 6.01 Å². The molecule has 1 aromatic heterocycles. The molecule has 6 nitrogen and oxygen atoms in total. The Kier molecular flexibility index (Phi) is 3.47. The van der Waals surface area contributed by atoms with E-state index in [1.54, 1.807) is 12.1 Å². The predicted octanol–water partition coefficient (Wildman–Crippen LogP) is 1.70.